The van der Waals surface area contributed by atoms with Crippen LogP contribution in [-0.2, 0) is 11.2 Å². The van der Waals surface area contributed by atoms with Gasteiger partial charge < -0.3 is 10.1 Å². The van der Waals surface area contributed by atoms with Gasteiger partial charge in [-0.3, -0.25) is 4.79 Å². The quantitative estimate of drug-likeness (QED) is 0.921. The number of methoxy groups -OCH3 is 1. The topological polar surface area (TPSA) is 38.3 Å². The van der Waals surface area contributed by atoms with Gasteiger partial charge in [0.15, 0.2) is 0 Å². The molecule has 0 unspecified atom stereocenters. The van der Waals surface area contributed by atoms with E-state index in [-0.39, 0.29) is 18.1 Å². The monoisotopic (exact) mass is 337 g/mol. The molecule has 0 aliphatic carbocycles. The van der Waals surface area contributed by atoms with Crippen LogP contribution in [0.15, 0.2) is 46.9 Å². The standard InChI is InChI=1S/C15H13BrFNO2/c1-20-12-5-6-13(16)14(9-12)18-15(19)8-10-3-2-4-11(17)7-10/h2-7,9H,8H2,1H3,(H,18,19). The number of amides is 1. The van der Waals surface area contributed by atoms with Gasteiger partial charge in [-0.1, -0.05) is 12.1 Å². The van der Waals surface area contributed by atoms with E-state index in [0.717, 1.165) is 4.47 Å². The predicted octanol–water partition coefficient (Wildman–Crippen LogP) is 3.78. The lowest BCUT2D eigenvalue weighted by molar-refractivity contribution is -0.115. The molecule has 0 spiro atoms. The zero-order valence-corrected chi connectivity index (χ0v) is 12.4. The molecule has 0 saturated carbocycles. The molecule has 0 radical (unpaired) electrons. The van der Waals surface area contributed by atoms with E-state index in [0.29, 0.717) is 17.0 Å². The van der Waals surface area contributed by atoms with Gasteiger partial charge in [-0.15, -0.1) is 0 Å². The summed E-state index contributed by atoms with van der Waals surface area (Å²) in [5.41, 5.74) is 1.24. The van der Waals surface area contributed by atoms with E-state index in [1.54, 1.807) is 37.4 Å². The Morgan fingerprint density at radius 3 is 2.80 bits per heavy atom. The lowest BCUT2D eigenvalue weighted by atomic mass is 10.1. The van der Waals surface area contributed by atoms with Crippen molar-refractivity contribution in [3.8, 4) is 5.75 Å². The molecular weight excluding hydrogens is 325 g/mol. The fraction of sp³-hybridized carbons (Fsp3) is 0.133. The minimum Gasteiger partial charge on any atom is -0.497 e. The molecule has 104 valence electrons. The van der Waals surface area contributed by atoms with Crippen molar-refractivity contribution in [1.82, 2.24) is 0 Å². The molecule has 2 rings (SSSR count). The first-order valence-electron chi connectivity index (χ1n) is 5.96. The van der Waals surface area contributed by atoms with Crippen molar-refractivity contribution in [3.05, 3.63) is 58.3 Å². The second-order valence-corrected chi connectivity index (χ2v) is 5.05. The minimum absolute atomic E-state index is 0.113. The Kier molecular flexibility index (Phi) is 4.74. The van der Waals surface area contributed by atoms with Gasteiger partial charge in [-0.2, -0.15) is 0 Å². The summed E-state index contributed by atoms with van der Waals surface area (Å²) in [7, 11) is 1.56. The smallest absolute Gasteiger partial charge is 0.228 e. The van der Waals surface area contributed by atoms with Crippen molar-refractivity contribution in [2.75, 3.05) is 12.4 Å². The van der Waals surface area contributed by atoms with Gasteiger partial charge >= 0.3 is 0 Å². The van der Waals surface area contributed by atoms with E-state index in [4.69, 9.17) is 4.74 Å². The molecule has 0 heterocycles. The zero-order valence-electron chi connectivity index (χ0n) is 10.8. The molecule has 0 aromatic heterocycles. The van der Waals surface area contributed by atoms with Crippen LogP contribution in [0.4, 0.5) is 10.1 Å². The third-order valence-electron chi connectivity index (χ3n) is 2.70. The second kappa shape index (κ2) is 6.52. The van der Waals surface area contributed by atoms with E-state index in [1.165, 1.54) is 12.1 Å². The summed E-state index contributed by atoms with van der Waals surface area (Å²) < 4.78 is 18.9. The zero-order chi connectivity index (χ0) is 14.5. The van der Waals surface area contributed by atoms with E-state index in [9.17, 15) is 9.18 Å². The van der Waals surface area contributed by atoms with E-state index >= 15 is 0 Å². The van der Waals surface area contributed by atoms with Crippen molar-refractivity contribution in [1.29, 1.82) is 0 Å². The van der Waals surface area contributed by atoms with Crippen LogP contribution in [-0.4, -0.2) is 13.0 Å². The van der Waals surface area contributed by atoms with Gasteiger partial charge in [-0.25, -0.2) is 4.39 Å². The summed E-state index contributed by atoms with van der Waals surface area (Å²) in [4.78, 5) is 11.9. The summed E-state index contributed by atoms with van der Waals surface area (Å²) in [6.07, 6.45) is 0.113. The van der Waals surface area contributed by atoms with Gasteiger partial charge in [0.2, 0.25) is 5.91 Å². The number of rotatable bonds is 4. The molecule has 2 aromatic carbocycles. The van der Waals surface area contributed by atoms with Gasteiger partial charge in [-0.05, 0) is 45.8 Å². The van der Waals surface area contributed by atoms with Crippen molar-refractivity contribution in [3.63, 3.8) is 0 Å². The number of hydrogen-bond donors (Lipinski definition) is 1. The molecule has 0 bridgehead atoms. The summed E-state index contributed by atoms with van der Waals surface area (Å²) in [6.45, 7) is 0. The third-order valence-corrected chi connectivity index (χ3v) is 3.39. The molecule has 20 heavy (non-hydrogen) atoms. The number of anilines is 1. The second-order valence-electron chi connectivity index (χ2n) is 4.20. The molecule has 0 saturated heterocycles. The van der Waals surface area contributed by atoms with E-state index in [2.05, 4.69) is 21.2 Å². The number of hydrogen-bond acceptors (Lipinski definition) is 2. The largest absolute Gasteiger partial charge is 0.497 e. The third kappa shape index (κ3) is 3.81. The fourth-order valence-corrected chi connectivity index (χ4v) is 2.10. The van der Waals surface area contributed by atoms with Crippen molar-refractivity contribution < 1.29 is 13.9 Å². The van der Waals surface area contributed by atoms with E-state index in [1.807, 2.05) is 0 Å². The van der Waals surface area contributed by atoms with Gasteiger partial charge in [0.1, 0.15) is 11.6 Å². The maximum atomic E-state index is 13.1. The Balaban J connectivity index is 2.08. The first-order valence-corrected chi connectivity index (χ1v) is 6.75. The highest BCUT2D eigenvalue weighted by Gasteiger charge is 2.08. The molecule has 1 N–H and O–H groups in total. The lowest BCUT2D eigenvalue weighted by Crippen LogP contribution is -2.14. The number of halogens is 2. The minimum atomic E-state index is -0.349. The SMILES string of the molecule is COc1ccc(Br)c(NC(=O)Cc2cccc(F)c2)c1. The van der Waals surface area contributed by atoms with Crippen molar-refractivity contribution >= 4 is 27.5 Å². The van der Waals surface area contributed by atoms with Crippen LogP contribution in [0.25, 0.3) is 0 Å². The van der Waals surface area contributed by atoms with Crippen LogP contribution in [0.5, 0.6) is 5.75 Å². The number of carbonyl (C=O) groups excluding carboxylic acids is 1. The first kappa shape index (κ1) is 14.5. The van der Waals surface area contributed by atoms with Crippen LogP contribution < -0.4 is 10.1 Å². The Bertz CT molecular complexity index is 631. The summed E-state index contributed by atoms with van der Waals surface area (Å²) in [6, 6.07) is 11.3. The highest BCUT2D eigenvalue weighted by molar-refractivity contribution is 9.10. The Morgan fingerprint density at radius 2 is 2.10 bits per heavy atom. The highest BCUT2D eigenvalue weighted by Crippen LogP contribution is 2.27. The van der Waals surface area contributed by atoms with Crippen molar-refractivity contribution in [2.45, 2.75) is 6.42 Å². The maximum absolute atomic E-state index is 13.1. The fourth-order valence-electron chi connectivity index (χ4n) is 1.75. The number of nitrogens with one attached hydrogen (secondary N) is 1. The molecule has 0 atom stereocenters. The first-order chi connectivity index (χ1) is 9.58. The van der Waals surface area contributed by atoms with Gasteiger partial charge in [0.25, 0.3) is 0 Å². The van der Waals surface area contributed by atoms with E-state index < -0.39 is 0 Å². The number of ether oxygens (including phenoxy) is 1. The molecule has 0 aliphatic rings. The maximum Gasteiger partial charge on any atom is 0.228 e. The average molecular weight is 338 g/mol. The van der Waals surface area contributed by atoms with Crippen LogP contribution in [0, 0.1) is 5.82 Å². The van der Waals surface area contributed by atoms with Crippen molar-refractivity contribution in [2.24, 2.45) is 0 Å². The molecule has 0 fully saturated rings. The molecule has 3 nitrogen and oxygen atoms in total. The Morgan fingerprint density at radius 1 is 1.30 bits per heavy atom. The summed E-state index contributed by atoms with van der Waals surface area (Å²) >= 11 is 3.35. The molecule has 2 aromatic rings. The number of benzene rings is 2. The predicted molar refractivity (Wildman–Crippen MR) is 79.4 cm³/mol. The van der Waals surface area contributed by atoms with Crippen LogP contribution in [0.2, 0.25) is 0 Å². The Labute approximate surface area is 124 Å². The lowest BCUT2D eigenvalue weighted by Gasteiger charge is -2.09. The van der Waals surface area contributed by atoms with Crippen LogP contribution >= 0.6 is 15.9 Å². The number of carbonyl (C=O) groups is 1. The summed E-state index contributed by atoms with van der Waals surface area (Å²) in [5, 5.41) is 2.76. The van der Waals surface area contributed by atoms with Crippen LogP contribution in [0.1, 0.15) is 5.56 Å². The van der Waals surface area contributed by atoms with Crippen LogP contribution in [0.3, 0.4) is 0 Å². The van der Waals surface area contributed by atoms with Gasteiger partial charge in [0, 0.05) is 10.5 Å². The van der Waals surface area contributed by atoms with Gasteiger partial charge in [0.05, 0.1) is 19.2 Å². The molecular formula is C15H13BrFNO2. The molecule has 1 amide bonds. The Hall–Kier alpha value is -1.88. The molecule has 5 heteroatoms. The summed E-state index contributed by atoms with van der Waals surface area (Å²) in [5.74, 6) is 0.0802. The molecule has 0 aliphatic heterocycles. The highest BCUT2D eigenvalue weighted by atomic mass is 79.9. The average Bonchev–Trinajstić information content (AvgIpc) is 2.41. The normalized spacial score (nSPS) is 10.2.